The van der Waals surface area contributed by atoms with E-state index < -0.39 is 0 Å². The average molecular weight is 232 g/mol. The highest BCUT2D eigenvalue weighted by Gasteiger charge is 2.01. The van der Waals surface area contributed by atoms with Gasteiger partial charge in [0, 0.05) is 7.05 Å². The van der Waals surface area contributed by atoms with Crippen LogP contribution in [0.15, 0.2) is 42.5 Å². The van der Waals surface area contributed by atoms with Crippen molar-refractivity contribution in [2.75, 3.05) is 12.4 Å². The summed E-state index contributed by atoms with van der Waals surface area (Å²) < 4.78 is 0. The Balaban J connectivity index is 2.41. The van der Waals surface area contributed by atoms with Crippen molar-refractivity contribution in [2.24, 2.45) is 0 Å². The first-order chi connectivity index (χ1) is 7.70. The molecule has 0 aromatic heterocycles. The van der Waals surface area contributed by atoms with Gasteiger partial charge in [0.25, 0.3) is 0 Å². The number of rotatable bonds is 2. The van der Waals surface area contributed by atoms with Crippen LogP contribution in [0, 0.1) is 6.92 Å². The summed E-state index contributed by atoms with van der Waals surface area (Å²) in [6.07, 6.45) is 0. The summed E-state index contributed by atoms with van der Waals surface area (Å²) in [6, 6.07) is 14.5. The van der Waals surface area contributed by atoms with Gasteiger partial charge in [0.05, 0.1) is 10.7 Å². The van der Waals surface area contributed by atoms with Gasteiger partial charge < -0.3 is 5.32 Å². The van der Waals surface area contributed by atoms with Crippen LogP contribution in [-0.4, -0.2) is 7.05 Å². The monoisotopic (exact) mass is 231 g/mol. The summed E-state index contributed by atoms with van der Waals surface area (Å²) in [5.41, 5.74) is 4.55. The second-order valence-corrected chi connectivity index (χ2v) is 4.22. The van der Waals surface area contributed by atoms with Crippen molar-refractivity contribution in [2.45, 2.75) is 6.92 Å². The molecule has 0 atom stereocenters. The lowest BCUT2D eigenvalue weighted by Crippen LogP contribution is -1.89. The molecular weight excluding hydrogens is 218 g/mol. The minimum absolute atomic E-state index is 0.751. The van der Waals surface area contributed by atoms with Crippen LogP contribution in [0.25, 0.3) is 11.1 Å². The molecule has 0 bridgehead atoms. The maximum atomic E-state index is 6.15. The molecule has 0 aliphatic heterocycles. The lowest BCUT2D eigenvalue weighted by atomic mass is 10.0. The van der Waals surface area contributed by atoms with Crippen molar-refractivity contribution in [1.29, 1.82) is 0 Å². The van der Waals surface area contributed by atoms with Crippen molar-refractivity contribution < 1.29 is 0 Å². The van der Waals surface area contributed by atoms with Crippen LogP contribution in [-0.2, 0) is 0 Å². The molecule has 0 aliphatic rings. The van der Waals surface area contributed by atoms with Crippen molar-refractivity contribution in [1.82, 2.24) is 0 Å². The smallest absolute Gasteiger partial charge is 0.0643 e. The molecule has 82 valence electrons. The van der Waals surface area contributed by atoms with Crippen molar-refractivity contribution in [3.63, 3.8) is 0 Å². The lowest BCUT2D eigenvalue weighted by molar-refractivity contribution is 1.46. The lowest BCUT2D eigenvalue weighted by Gasteiger charge is -2.07. The molecule has 0 heterocycles. The van der Waals surface area contributed by atoms with E-state index in [-0.39, 0.29) is 0 Å². The number of benzene rings is 2. The molecule has 0 spiro atoms. The van der Waals surface area contributed by atoms with Gasteiger partial charge in [0.15, 0.2) is 0 Å². The van der Waals surface area contributed by atoms with Crippen molar-refractivity contribution in [3.05, 3.63) is 53.1 Å². The second-order valence-electron chi connectivity index (χ2n) is 3.81. The Bertz CT molecular complexity index is 489. The molecule has 0 unspecified atom stereocenters. The molecule has 2 aromatic carbocycles. The van der Waals surface area contributed by atoms with Crippen molar-refractivity contribution >= 4 is 17.3 Å². The zero-order valence-electron chi connectivity index (χ0n) is 9.42. The van der Waals surface area contributed by atoms with E-state index in [0.717, 1.165) is 16.3 Å². The summed E-state index contributed by atoms with van der Waals surface area (Å²) in [4.78, 5) is 0. The highest BCUT2D eigenvalue weighted by Crippen LogP contribution is 2.28. The average Bonchev–Trinajstić information content (AvgIpc) is 2.30. The Morgan fingerprint density at radius 2 is 1.56 bits per heavy atom. The second kappa shape index (κ2) is 4.58. The number of halogens is 1. The molecule has 0 radical (unpaired) electrons. The molecule has 0 amide bonds. The third-order valence-electron chi connectivity index (χ3n) is 2.62. The van der Waals surface area contributed by atoms with Gasteiger partial charge in [-0.15, -0.1) is 0 Å². The molecule has 1 N–H and O–H groups in total. The van der Waals surface area contributed by atoms with E-state index in [1.54, 1.807) is 0 Å². The van der Waals surface area contributed by atoms with Crippen LogP contribution in [0.4, 0.5) is 5.69 Å². The van der Waals surface area contributed by atoms with E-state index in [0.29, 0.717) is 0 Å². The molecule has 1 nitrogen and oxygen atoms in total. The molecule has 0 saturated carbocycles. The summed E-state index contributed by atoms with van der Waals surface area (Å²) >= 11 is 6.15. The quantitative estimate of drug-likeness (QED) is 0.810. The molecule has 2 aromatic rings. The number of hydrogen-bond donors (Lipinski definition) is 1. The minimum atomic E-state index is 0.751. The fourth-order valence-corrected chi connectivity index (χ4v) is 1.92. The van der Waals surface area contributed by atoms with Gasteiger partial charge in [0.2, 0.25) is 0 Å². The molecule has 2 rings (SSSR count). The van der Waals surface area contributed by atoms with Gasteiger partial charge in [-0.1, -0.05) is 47.5 Å². The fraction of sp³-hybridized carbons (Fsp3) is 0.143. The van der Waals surface area contributed by atoms with E-state index in [1.165, 1.54) is 11.1 Å². The molecular formula is C14H14ClN. The van der Waals surface area contributed by atoms with E-state index in [2.05, 4.69) is 42.6 Å². The Morgan fingerprint density at radius 3 is 2.12 bits per heavy atom. The third-order valence-corrected chi connectivity index (χ3v) is 2.94. The summed E-state index contributed by atoms with van der Waals surface area (Å²) in [5, 5.41) is 3.80. The predicted molar refractivity (Wildman–Crippen MR) is 71.2 cm³/mol. The van der Waals surface area contributed by atoms with E-state index in [4.69, 9.17) is 11.6 Å². The van der Waals surface area contributed by atoms with E-state index in [1.807, 2.05) is 19.2 Å². The minimum Gasteiger partial charge on any atom is -0.387 e. The van der Waals surface area contributed by atoms with Crippen LogP contribution < -0.4 is 5.32 Å². The zero-order valence-corrected chi connectivity index (χ0v) is 10.2. The zero-order chi connectivity index (χ0) is 11.5. The third kappa shape index (κ3) is 2.20. The first-order valence-corrected chi connectivity index (χ1v) is 5.63. The molecule has 0 saturated heterocycles. The SMILES string of the molecule is CNc1ccc(-c2ccc(C)cc2)cc1Cl. The number of aryl methyl sites for hydroxylation is 1. The standard InChI is InChI=1S/C14H14ClN/c1-10-3-5-11(6-4-10)12-7-8-14(16-2)13(15)9-12/h3-9,16H,1-2H3. The first-order valence-electron chi connectivity index (χ1n) is 5.25. The predicted octanol–water partition coefficient (Wildman–Crippen LogP) is 4.36. The first kappa shape index (κ1) is 11.0. The summed E-state index contributed by atoms with van der Waals surface area (Å²) in [7, 11) is 1.87. The Kier molecular flexibility index (Phi) is 3.16. The van der Waals surface area contributed by atoms with Gasteiger partial charge in [-0.3, -0.25) is 0 Å². The van der Waals surface area contributed by atoms with Crippen LogP contribution in [0.3, 0.4) is 0 Å². The number of hydrogen-bond acceptors (Lipinski definition) is 1. The maximum absolute atomic E-state index is 6.15. The van der Waals surface area contributed by atoms with Crippen LogP contribution in [0.5, 0.6) is 0 Å². The van der Waals surface area contributed by atoms with Gasteiger partial charge in [-0.05, 0) is 30.2 Å². The molecule has 0 fully saturated rings. The Hall–Kier alpha value is -1.47. The fourth-order valence-electron chi connectivity index (χ4n) is 1.64. The number of anilines is 1. The molecule has 2 heteroatoms. The number of nitrogens with one attached hydrogen (secondary N) is 1. The van der Waals surface area contributed by atoms with Crippen molar-refractivity contribution in [3.8, 4) is 11.1 Å². The maximum Gasteiger partial charge on any atom is 0.0643 e. The van der Waals surface area contributed by atoms with Gasteiger partial charge >= 0.3 is 0 Å². The van der Waals surface area contributed by atoms with Crippen LogP contribution in [0.1, 0.15) is 5.56 Å². The molecule has 0 aliphatic carbocycles. The summed E-state index contributed by atoms with van der Waals surface area (Å²) in [5.74, 6) is 0. The summed E-state index contributed by atoms with van der Waals surface area (Å²) in [6.45, 7) is 2.08. The molecule has 16 heavy (non-hydrogen) atoms. The van der Waals surface area contributed by atoms with Gasteiger partial charge in [-0.2, -0.15) is 0 Å². The Morgan fingerprint density at radius 1 is 0.938 bits per heavy atom. The van der Waals surface area contributed by atoms with Gasteiger partial charge in [0.1, 0.15) is 0 Å². The highest BCUT2D eigenvalue weighted by molar-refractivity contribution is 6.33. The highest BCUT2D eigenvalue weighted by atomic mass is 35.5. The van der Waals surface area contributed by atoms with Crippen LogP contribution >= 0.6 is 11.6 Å². The Labute approximate surface area is 101 Å². The van der Waals surface area contributed by atoms with Crippen LogP contribution in [0.2, 0.25) is 5.02 Å². The topological polar surface area (TPSA) is 12.0 Å². The van der Waals surface area contributed by atoms with E-state index >= 15 is 0 Å². The van der Waals surface area contributed by atoms with E-state index in [9.17, 15) is 0 Å². The normalized spacial score (nSPS) is 10.2. The van der Waals surface area contributed by atoms with Gasteiger partial charge in [-0.25, -0.2) is 0 Å². The largest absolute Gasteiger partial charge is 0.387 e.